The Morgan fingerprint density at radius 1 is 0.769 bits per heavy atom. The molecule has 2 aromatic carbocycles. The van der Waals surface area contributed by atoms with Crippen molar-refractivity contribution in [2.45, 2.75) is 44.5 Å². The summed E-state index contributed by atoms with van der Waals surface area (Å²) in [6.45, 7) is 2.87. The number of rotatable bonds is 8. The maximum atomic E-state index is 15.7. The number of pyridine rings is 2. The molecule has 0 unspecified atom stereocenters. The number of phenolic OH excluding ortho intramolecular Hbond substituents is 1. The van der Waals surface area contributed by atoms with Gasteiger partial charge >= 0.3 is 23.7 Å². The normalized spacial score (nSPS) is 16.4. The summed E-state index contributed by atoms with van der Waals surface area (Å²) in [6, 6.07) is 19.5. The van der Waals surface area contributed by atoms with Crippen molar-refractivity contribution in [3.05, 3.63) is 120 Å². The number of benzene rings is 2. The van der Waals surface area contributed by atoms with Gasteiger partial charge in [-0.05, 0) is 86.4 Å². The van der Waals surface area contributed by atoms with Crippen molar-refractivity contribution in [2.24, 2.45) is 0 Å². The van der Waals surface area contributed by atoms with E-state index in [4.69, 9.17) is 4.74 Å². The predicted octanol–water partition coefficient (Wildman–Crippen LogP) is 10.8. The summed E-state index contributed by atoms with van der Waals surface area (Å²) >= 11 is 2.05. The number of thiophene rings is 2. The van der Waals surface area contributed by atoms with Crippen LogP contribution in [0, 0.1) is 13.8 Å². The largest absolute Gasteiger partial charge is 0.506 e. The van der Waals surface area contributed by atoms with Gasteiger partial charge < -0.3 is 9.84 Å². The fourth-order valence-electron chi connectivity index (χ4n) is 6.44. The van der Waals surface area contributed by atoms with E-state index in [1.54, 1.807) is 60.7 Å². The summed E-state index contributed by atoms with van der Waals surface area (Å²) in [5.41, 5.74) is -1.49. The summed E-state index contributed by atoms with van der Waals surface area (Å²) in [4.78, 5) is 22.5. The number of carbonyl (C=O) groups excluding carboxylic acids is 1. The van der Waals surface area contributed by atoms with Crippen molar-refractivity contribution < 1.29 is 41.0 Å². The smallest absolute Gasteiger partial charge is 0.380 e. The lowest BCUT2D eigenvalue weighted by atomic mass is 9.95. The Morgan fingerprint density at radius 3 is 2.12 bits per heavy atom. The standard InChI is InChI=1S/C39H28F6N2O3S2/c1-20-29(18-26(51-20)16-14-24-12-10-22-6-4-8-28(34(22)46-24)36(49)50-3)32-33(38(42,43)39(44,45)37(32,40)41)30-19-27(52-21(30)2)17-15-25-13-11-23-7-5-9-31(48)35(23)47-25/h4-13,15,17-19,48H,14,16H2,1-3H3/b17-15+. The van der Waals surface area contributed by atoms with E-state index in [2.05, 4.69) is 9.97 Å². The highest BCUT2D eigenvalue weighted by Gasteiger charge is 2.80. The van der Waals surface area contributed by atoms with Crippen molar-refractivity contribution in [1.82, 2.24) is 9.97 Å². The fraction of sp³-hybridized carbons (Fsp3) is 0.205. The van der Waals surface area contributed by atoms with Gasteiger partial charge in [-0.1, -0.05) is 36.4 Å². The highest BCUT2D eigenvalue weighted by Crippen LogP contribution is 2.65. The summed E-state index contributed by atoms with van der Waals surface area (Å²) < 4.78 is 98.1. The molecular formula is C39H28F6N2O3S2. The maximum absolute atomic E-state index is 15.7. The lowest BCUT2D eigenvalue weighted by molar-refractivity contribution is -0.254. The minimum atomic E-state index is -5.69. The number of esters is 1. The van der Waals surface area contributed by atoms with E-state index >= 15 is 26.3 Å². The van der Waals surface area contributed by atoms with Gasteiger partial charge in [0.15, 0.2) is 0 Å². The predicted molar refractivity (Wildman–Crippen MR) is 193 cm³/mol. The number of hydrogen-bond acceptors (Lipinski definition) is 7. The maximum Gasteiger partial charge on any atom is 0.380 e. The van der Waals surface area contributed by atoms with E-state index in [-0.39, 0.29) is 38.6 Å². The quantitative estimate of drug-likeness (QED) is 0.124. The molecule has 1 aliphatic carbocycles. The van der Waals surface area contributed by atoms with Gasteiger partial charge in [0.05, 0.1) is 23.9 Å². The minimum Gasteiger partial charge on any atom is -0.506 e. The number of para-hydroxylation sites is 2. The number of allylic oxidation sites excluding steroid dienone is 2. The van der Waals surface area contributed by atoms with E-state index in [9.17, 15) is 9.90 Å². The number of halogens is 6. The Bertz CT molecular complexity index is 2470. The molecule has 1 N–H and O–H groups in total. The molecule has 0 amide bonds. The van der Waals surface area contributed by atoms with Crippen LogP contribution in [-0.2, 0) is 17.6 Å². The van der Waals surface area contributed by atoms with E-state index in [0.717, 1.165) is 22.7 Å². The Labute approximate surface area is 301 Å². The number of alkyl halides is 6. The summed E-state index contributed by atoms with van der Waals surface area (Å²) in [5.74, 6) is -16.6. The van der Waals surface area contributed by atoms with Crippen LogP contribution in [-0.4, -0.2) is 45.9 Å². The average Bonchev–Trinajstić information content (AvgIpc) is 3.70. The lowest BCUT2D eigenvalue weighted by Gasteiger charge is -2.25. The lowest BCUT2D eigenvalue weighted by Crippen LogP contribution is -2.48. The number of methoxy groups -OCH3 is 1. The van der Waals surface area contributed by atoms with Crippen LogP contribution >= 0.6 is 22.7 Å². The van der Waals surface area contributed by atoms with E-state index in [1.807, 2.05) is 0 Å². The Kier molecular flexibility index (Phi) is 8.77. The summed E-state index contributed by atoms with van der Waals surface area (Å²) in [5, 5.41) is 11.6. The SMILES string of the molecule is COC(=O)c1cccc2ccc(CCc3cc(C4=C(c5cc(/C=C/c6ccc7cccc(O)c7n6)sc5C)C(F)(F)C(F)(F)C4(F)F)c(C)s3)nc12. The van der Waals surface area contributed by atoms with Gasteiger partial charge in [-0.2, -0.15) is 26.3 Å². The van der Waals surface area contributed by atoms with Crippen LogP contribution < -0.4 is 0 Å². The molecule has 0 aliphatic heterocycles. The van der Waals surface area contributed by atoms with Gasteiger partial charge in [0.1, 0.15) is 11.3 Å². The second kappa shape index (κ2) is 12.9. The van der Waals surface area contributed by atoms with Crippen molar-refractivity contribution in [1.29, 1.82) is 0 Å². The number of aromatic nitrogens is 2. The first kappa shape index (κ1) is 35.4. The van der Waals surface area contributed by atoms with Crippen LogP contribution in [0.4, 0.5) is 26.3 Å². The van der Waals surface area contributed by atoms with Crippen molar-refractivity contribution in [3.63, 3.8) is 0 Å². The zero-order chi connectivity index (χ0) is 37.2. The highest BCUT2D eigenvalue weighted by atomic mass is 32.1. The molecule has 6 aromatic rings. The molecule has 1 aliphatic rings. The molecule has 0 atom stereocenters. The molecule has 5 nitrogen and oxygen atoms in total. The molecule has 4 heterocycles. The number of phenols is 1. The Balaban J connectivity index is 1.24. The molecule has 0 bridgehead atoms. The fourth-order valence-corrected chi connectivity index (χ4v) is 8.43. The van der Waals surface area contributed by atoms with Gasteiger partial charge in [-0.3, -0.25) is 4.98 Å². The zero-order valence-electron chi connectivity index (χ0n) is 27.7. The molecule has 0 spiro atoms. The number of aryl methyl sites for hydroxylation is 4. The number of nitrogens with zero attached hydrogens (tertiary/aromatic N) is 2. The van der Waals surface area contributed by atoms with Crippen molar-refractivity contribution >= 4 is 73.7 Å². The number of carbonyl (C=O) groups is 1. The molecule has 0 fully saturated rings. The monoisotopic (exact) mass is 750 g/mol. The second-order valence-electron chi connectivity index (χ2n) is 12.4. The molecule has 7 rings (SSSR count). The van der Waals surface area contributed by atoms with Crippen LogP contribution in [0.2, 0.25) is 0 Å². The number of ether oxygens (including phenoxy) is 1. The van der Waals surface area contributed by atoms with Gasteiger partial charge in [-0.15, -0.1) is 22.7 Å². The van der Waals surface area contributed by atoms with Gasteiger partial charge in [-0.25, -0.2) is 9.78 Å². The summed E-state index contributed by atoms with van der Waals surface area (Å²) in [7, 11) is 1.26. The van der Waals surface area contributed by atoms with Crippen LogP contribution in [0.3, 0.4) is 0 Å². The van der Waals surface area contributed by atoms with Gasteiger partial charge in [0.25, 0.3) is 0 Å². The summed E-state index contributed by atoms with van der Waals surface area (Å²) in [6.07, 6.45) is 3.63. The zero-order valence-corrected chi connectivity index (χ0v) is 29.4. The number of fused-ring (bicyclic) bond motifs is 2. The minimum absolute atomic E-state index is 0.0294. The van der Waals surface area contributed by atoms with E-state index in [0.29, 0.717) is 49.4 Å². The Hall–Kier alpha value is -5.01. The number of aromatic hydroxyl groups is 1. The van der Waals surface area contributed by atoms with Crippen LogP contribution in [0.25, 0.3) is 45.1 Å². The molecule has 4 aromatic heterocycles. The molecular weight excluding hydrogens is 723 g/mol. The first-order valence-corrected chi connectivity index (χ1v) is 17.6. The second-order valence-corrected chi connectivity index (χ2v) is 15.0. The van der Waals surface area contributed by atoms with Crippen LogP contribution in [0.5, 0.6) is 5.75 Å². The van der Waals surface area contributed by atoms with Crippen molar-refractivity contribution in [3.8, 4) is 5.75 Å². The molecule has 52 heavy (non-hydrogen) atoms. The Morgan fingerprint density at radius 2 is 1.40 bits per heavy atom. The van der Waals surface area contributed by atoms with E-state index in [1.165, 1.54) is 45.2 Å². The van der Waals surface area contributed by atoms with E-state index < -0.39 is 34.9 Å². The van der Waals surface area contributed by atoms with Crippen LogP contribution in [0.15, 0.2) is 72.8 Å². The van der Waals surface area contributed by atoms with Crippen molar-refractivity contribution in [2.75, 3.05) is 7.11 Å². The molecule has 266 valence electrons. The van der Waals surface area contributed by atoms with Gasteiger partial charge in [0, 0.05) is 47.1 Å². The number of hydrogen-bond donors (Lipinski definition) is 1. The topological polar surface area (TPSA) is 72.3 Å². The first-order chi connectivity index (χ1) is 24.6. The third kappa shape index (κ3) is 5.76. The molecule has 0 saturated heterocycles. The van der Waals surface area contributed by atoms with Crippen LogP contribution in [0.1, 0.15) is 52.4 Å². The average molecular weight is 751 g/mol. The molecule has 0 radical (unpaired) electrons. The molecule has 0 saturated carbocycles. The van der Waals surface area contributed by atoms with Gasteiger partial charge in [0.2, 0.25) is 0 Å². The highest BCUT2D eigenvalue weighted by molar-refractivity contribution is 7.13. The third-order valence-electron chi connectivity index (χ3n) is 9.06. The molecule has 13 heteroatoms. The third-order valence-corrected chi connectivity index (χ3v) is 11.2. The first-order valence-electron chi connectivity index (χ1n) is 16.0.